The SMILES string of the molecule is C#CCCN1C(=O)c2cc(COC)cnc2C1=O. The predicted molar refractivity (Wildman–Crippen MR) is 63.8 cm³/mol. The quantitative estimate of drug-likeness (QED) is 0.582. The molecule has 2 rings (SSSR count). The number of ether oxygens (including phenoxy) is 1. The van der Waals surface area contributed by atoms with Crippen molar-refractivity contribution >= 4 is 11.8 Å². The van der Waals surface area contributed by atoms with Crippen molar-refractivity contribution in [1.82, 2.24) is 9.88 Å². The molecule has 0 unspecified atom stereocenters. The summed E-state index contributed by atoms with van der Waals surface area (Å²) >= 11 is 0. The zero-order valence-electron chi connectivity index (χ0n) is 9.97. The lowest BCUT2D eigenvalue weighted by molar-refractivity contribution is 0.0656. The van der Waals surface area contributed by atoms with Crippen LogP contribution in [0.3, 0.4) is 0 Å². The molecule has 1 aliphatic rings. The maximum Gasteiger partial charge on any atom is 0.280 e. The van der Waals surface area contributed by atoms with Gasteiger partial charge in [0.15, 0.2) is 0 Å². The predicted octanol–water partition coefficient (Wildman–Crippen LogP) is 0.847. The molecule has 0 saturated heterocycles. The molecule has 92 valence electrons. The highest BCUT2D eigenvalue weighted by molar-refractivity contribution is 6.20. The van der Waals surface area contributed by atoms with Gasteiger partial charge in [0.05, 0.1) is 12.2 Å². The Morgan fingerprint density at radius 2 is 2.22 bits per heavy atom. The van der Waals surface area contributed by atoms with Crippen LogP contribution in [0.5, 0.6) is 0 Å². The second kappa shape index (κ2) is 4.98. The molecule has 1 aliphatic heterocycles. The molecule has 18 heavy (non-hydrogen) atoms. The Balaban J connectivity index is 2.31. The zero-order chi connectivity index (χ0) is 13.1. The summed E-state index contributed by atoms with van der Waals surface area (Å²) in [6.07, 6.45) is 7.02. The van der Waals surface area contributed by atoms with Crippen molar-refractivity contribution in [2.45, 2.75) is 13.0 Å². The summed E-state index contributed by atoms with van der Waals surface area (Å²) in [6, 6.07) is 1.64. The average Bonchev–Trinajstić information content (AvgIpc) is 2.60. The zero-order valence-corrected chi connectivity index (χ0v) is 9.97. The highest BCUT2D eigenvalue weighted by Crippen LogP contribution is 2.22. The smallest absolute Gasteiger partial charge is 0.280 e. The second-order valence-corrected chi connectivity index (χ2v) is 3.89. The van der Waals surface area contributed by atoms with E-state index >= 15 is 0 Å². The molecule has 2 heterocycles. The van der Waals surface area contributed by atoms with E-state index < -0.39 is 0 Å². The van der Waals surface area contributed by atoms with E-state index in [0.29, 0.717) is 18.6 Å². The van der Waals surface area contributed by atoms with E-state index in [1.165, 1.54) is 6.20 Å². The van der Waals surface area contributed by atoms with Gasteiger partial charge in [0.1, 0.15) is 5.69 Å². The molecule has 1 aromatic rings. The van der Waals surface area contributed by atoms with Crippen LogP contribution in [0.1, 0.15) is 32.8 Å². The number of hydrogen-bond donors (Lipinski definition) is 0. The van der Waals surface area contributed by atoms with E-state index in [1.807, 2.05) is 0 Å². The Labute approximate surface area is 105 Å². The van der Waals surface area contributed by atoms with Crippen LogP contribution in [0.2, 0.25) is 0 Å². The van der Waals surface area contributed by atoms with Crippen molar-refractivity contribution in [2.75, 3.05) is 13.7 Å². The summed E-state index contributed by atoms with van der Waals surface area (Å²) in [4.78, 5) is 29.1. The first-order valence-electron chi connectivity index (χ1n) is 5.46. The van der Waals surface area contributed by atoms with E-state index in [9.17, 15) is 9.59 Å². The molecular formula is C13H12N2O3. The van der Waals surface area contributed by atoms with Crippen LogP contribution >= 0.6 is 0 Å². The topological polar surface area (TPSA) is 59.5 Å². The van der Waals surface area contributed by atoms with Gasteiger partial charge in [-0.25, -0.2) is 4.98 Å². The lowest BCUT2D eigenvalue weighted by Crippen LogP contribution is -2.30. The molecule has 0 spiro atoms. The maximum atomic E-state index is 12.0. The van der Waals surface area contributed by atoms with Gasteiger partial charge in [-0.1, -0.05) is 0 Å². The summed E-state index contributed by atoms with van der Waals surface area (Å²) < 4.78 is 4.97. The lowest BCUT2D eigenvalue weighted by Gasteiger charge is -2.10. The van der Waals surface area contributed by atoms with Crippen LogP contribution in [0, 0.1) is 12.3 Å². The third kappa shape index (κ3) is 1.98. The Morgan fingerprint density at radius 3 is 2.89 bits per heavy atom. The molecule has 0 aromatic carbocycles. The number of methoxy groups -OCH3 is 1. The van der Waals surface area contributed by atoms with Crippen LogP contribution < -0.4 is 0 Å². The second-order valence-electron chi connectivity index (χ2n) is 3.89. The molecule has 1 aromatic heterocycles. The van der Waals surface area contributed by atoms with E-state index in [-0.39, 0.29) is 24.1 Å². The van der Waals surface area contributed by atoms with Crippen molar-refractivity contribution < 1.29 is 14.3 Å². The molecule has 5 nitrogen and oxygen atoms in total. The number of fused-ring (bicyclic) bond motifs is 1. The van der Waals surface area contributed by atoms with E-state index in [1.54, 1.807) is 13.2 Å². The summed E-state index contributed by atoms with van der Waals surface area (Å²) in [7, 11) is 1.55. The fraction of sp³-hybridized carbons (Fsp3) is 0.308. The molecule has 0 radical (unpaired) electrons. The first kappa shape index (κ1) is 12.3. The van der Waals surface area contributed by atoms with Crippen LogP contribution in [0.15, 0.2) is 12.3 Å². The number of terminal acetylenes is 1. The fourth-order valence-electron chi connectivity index (χ4n) is 1.83. The van der Waals surface area contributed by atoms with Crippen molar-refractivity contribution in [3.63, 3.8) is 0 Å². The molecule has 0 saturated carbocycles. The third-order valence-electron chi connectivity index (χ3n) is 2.66. The Morgan fingerprint density at radius 1 is 1.44 bits per heavy atom. The van der Waals surface area contributed by atoms with E-state index in [4.69, 9.17) is 11.2 Å². The molecular weight excluding hydrogens is 232 g/mol. The van der Waals surface area contributed by atoms with Gasteiger partial charge in [0.2, 0.25) is 0 Å². The number of aromatic nitrogens is 1. The van der Waals surface area contributed by atoms with Crippen molar-refractivity contribution in [2.24, 2.45) is 0 Å². The standard InChI is InChI=1S/C13H12N2O3/c1-3-4-5-15-12(16)10-6-9(8-18-2)7-14-11(10)13(15)17/h1,6-7H,4-5,8H2,2H3. The van der Waals surface area contributed by atoms with Gasteiger partial charge in [-0.3, -0.25) is 14.5 Å². The number of rotatable bonds is 4. The van der Waals surface area contributed by atoms with Crippen molar-refractivity contribution in [1.29, 1.82) is 0 Å². The Bertz CT molecular complexity index is 546. The van der Waals surface area contributed by atoms with Gasteiger partial charge in [-0.2, -0.15) is 0 Å². The number of carbonyl (C=O) groups is 2. The number of hydrogen-bond acceptors (Lipinski definition) is 4. The fourth-order valence-corrected chi connectivity index (χ4v) is 1.83. The number of amides is 2. The Kier molecular flexibility index (Phi) is 3.40. The summed E-state index contributed by atoms with van der Waals surface area (Å²) in [6.45, 7) is 0.580. The highest BCUT2D eigenvalue weighted by Gasteiger charge is 2.36. The van der Waals surface area contributed by atoms with E-state index in [0.717, 1.165) is 10.5 Å². The summed E-state index contributed by atoms with van der Waals surface area (Å²) in [5.41, 5.74) is 1.28. The van der Waals surface area contributed by atoms with Crippen molar-refractivity contribution in [3.05, 3.63) is 29.1 Å². The van der Waals surface area contributed by atoms with Gasteiger partial charge in [-0.05, 0) is 11.6 Å². The minimum absolute atomic E-state index is 0.192. The van der Waals surface area contributed by atoms with Crippen LogP contribution in [-0.2, 0) is 11.3 Å². The molecule has 0 fully saturated rings. The Hall–Kier alpha value is -2.19. The largest absolute Gasteiger partial charge is 0.380 e. The molecule has 0 bridgehead atoms. The summed E-state index contributed by atoms with van der Waals surface area (Å²) in [5.74, 6) is 1.69. The minimum atomic E-state index is -0.380. The van der Waals surface area contributed by atoms with Gasteiger partial charge >= 0.3 is 0 Å². The molecule has 0 aliphatic carbocycles. The van der Waals surface area contributed by atoms with Gasteiger partial charge in [-0.15, -0.1) is 12.3 Å². The van der Waals surface area contributed by atoms with Crippen LogP contribution in [0.4, 0.5) is 0 Å². The number of pyridine rings is 1. The molecule has 2 amide bonds. The first-order valence-corrected chi connectivity index (χ1v) is 5.46. The average molecular weight is 244 g/mol. The highest BCUT2D eigenvalue weighted by atomic mass is 16.5. The third-order valence-corrected chi connectivity index (χ3v) is 2.66. The monoisotopic (exact) mass is 244 g/mol. The first-order chi connectivity index (χ1) is 8.69. The minimum Gasteiger partial charge on any atom is -0.380 e. The number of nitrogens with zero attached hydrogens (tertiary/aromatic N) is 2. The van der Waals surface area contributed by atoms with Gasteiger partial charge in [0.25, 0.3) is 11.8 Å². The van der Waals surface area contributed by atoms with E-state index in [2.05, 4.69) is 10.9 Å². The normalized spacial score (nSPS) is 13.7. The number of carbonyl (C=O) groups excluding carboxylic acids is 2. The van der Waals surface area contributed by atoms with Gasteiger partial charge < -0.3 is 4.74 Å². The molecule has 0 atom stereocenters. The van der Waals surface area contributed by atoms with Crippen LogP contribution in [0.25, 0.3) is 0 Å². The molecule has 0 N–H and O–H groups in total. The van der Waals surface area contributed by atoms with Gasteiger partial charge in [0, 0.05) is 26.3 Å². The maximum absolute atomic E-state index is 12.0. The van der Waals surface area contributed by atoms with Crippen molar-refractivity contribution in [3.8, 4) is 12.3 Å². The summed E-state index contributed by atoms with van der Waals surface area (Å²) in [5, 5.41) is 0. The number of imide groups is 1. The lowest BCUT2D eigenvalue weighted by atomic mass is 10.1. The molecule has 5 heteroatoms. The van der Waals surface area contributed by atoms with Crippen LogP contribution in [-0.4, -0.2) is 35.4 Å².